The van der Waals surface area contributed by atoms with Crippen LogP contribution in [0, 0.1) is 6.92 Å². The molecule has 0 atom stereocenters. The fourth-order valence-electron chi connectivity index (χ4n) is 3.85. The van der Waals surface area contributed by atoms with Crippen LogP contribution in [0.2, 0.25) is 10.0 Å². The molecule has 0 unspecified atom stereocenters. The highest BCUT2D eigenvalue weighted by molar-refractivity contribution is 7.89. The number of carbonyl (C=O) groups is 1. The summed E-state index contributed by atoms with van der Waals surface area (Å²) in [6.07, 6.45) is -0.601. The minimum absolute atomic E-state index is 0.0568. The number of hydrogen-bond acceptors (Lipinski definition) is 4. The predicted octanol–water partition coefficient (Wildman–Crippen LogP) is 6.11. The van der Waals surface area contributed by atoms with Gasteiger partial charge in [-0.05, 0) is 55.3 Å². The molecule has 3 aromatic carbocycles. The van der Waals surface area contributed by atoms with Gasteiger partial charge in [-0.3, -0.25) is 4.57 Å². The third-order valence-electron chi connectivity index (χ3n) is 5.70. The lowest BCUT2D eigenvalue weighted by Gasteiger charge is -2.19. The van der Waals surface area contributed by atoms with E-state index in [-0.39, 0.29) is 17.9 Å². The number of nitrogens with zero attached hydrogens (tertiary/aromatic N) is 3. The standard InChI is InChI=1S/C25H23Cl2N3O4S/c1-3-24-28-22-14-20(26)21(27)15-23(22)30(24)18-8-6-17(7-9-18)12-13-29(25(31)32)35(33,34)19-10-4-16(2)5-11-19/h4-11,14-15H,3,12-13H2,1-2H3,(H,31,32). The Morgan fingerprint density at radius 2 is 1.66 bits per heavy atom. The minimum atomic E-state index is -4.17. The highest BCUT2D eigenvalue weighted by atomic mass is 35.5. The maximum Gasteiger partial charge on any atom is 0.421 e. The van der Waals surface area contributed by atoms with Crippen LogP contribution in [0.3, 0.4) is 0 Å². The number of aryl methyl sites for hydroxylation is 2. The van der Waals surface area contributed by atoms with Crippen LogP contribution >= 0.6 is 23.2 Å². The zero-order valence-electron chi connectivity index (χ0n) is 19.1. The fourth-order valence-corrected chi connectivity index (χ4v) is 5.43. The van der Waals surface area contributed by atoms with Crippen LogP contribution in [-0.4, -0.2) is 40.0 Å². The molecular formula is C25H23Cl2N3O4S. The molecule has 0 fully saturated rings. The van der Waals surface area contributed by atoms with Crippen molar-refractivity contribution in [3.63, 3.8) is 0 Å². The molecule has 4 rings (SSSR count). The number of rotatable bonds is 7. The molecule has 1 heterocycles. The number of benzene rings is 3. The van der Waals surface area contributed by atoms with E-state index < -0.39 is 16.1 Å². The second-order valence-corrected chi connectivity index (χ2v) is 10.7. The van der Waals surface area contributed by atoms with Crippen LogP contribution in [0.5, 0.6) is 0 Å². The smallest absolute Gasteiger partial charge is 0.421 e. The average Bonchev–Trinajstić information content (AvgIpc) is 3.17. The van der Waals surface area contributed by atoms with E-state index in [0.29, 0.717) is 20.8 Å². The average molecular weight is 532 g/mol. The van der Waals surface area contributed by atoms with Crippen molar-refractivity contribution in [1.29, 1.82) is 0 Å². The highest BCUT2D eigenvalue weighted by Crippen LogP contribution is 2.30. The van der Waals surface area contributed by atoms with Gasteiger partial charge in [0, 0.05) is 18.7 Å². The molecule has 35 heavy (non-hydrogen) atoms. The quantitative estimate of drug-likeness (QED) is 0.310. The summed E-state index contributed by atoms with van der Waals surface area (Å²) in [4.78, 5) is 16.4. The molecular weight excluding hydrogens is 509 g/mol. The van der Waals surface area contributed by atoms with E-state index in [1.807, 2.05) is 42.7 Å². The number of halogens is 2. The molecule has 0 aliphatic heterocycles. The van der Waals surface area contributed by atoms with Crippen molar-refractivity contribution in [2.45, 2.75) is 31.6 Å². The number of hydrogen-bond donors (Lipinski definition) is 1. The molecule has 0 aliphatic rings. The van der Waals surface area contributed by atoms with Crippen LogP contribution in [0.15, 0.2) is 65.6 Å². The first-order valence-corrected chi connectivity index (χ1v) is 13.1. The van der Waals surface area contributed by atoms with E-state index in [9.17, 15) is 18.3 Å². The SMILES string of the molecule is CCc1nc2cc(Cl)c(Cl)cc2n1-c1ccc(CCN(C(=O)O)S(=O)(=O)c2ccc(C)cc2)cc1. The molecule has 0 aliphatic carbocycles. The van der Waals surface area contributed by atoms with Crippen molar-refractivity contribution >= 4 is 50.4 Å². The predicted molar refractivity (Wildman–Crippen MR) is 137 cm³/mol. The maximum atomic E-state index is 12.9. The van der Waals surface area contributed by atoms with Crippen molar-refractivity contribution in [3.05, 3.63) is 87.7 Å². The Bertz CT molecular complexity index is 1500. The molecule has 4 aromatic rings. The van der Waals surface area contributed by atoms with E-state index in [1.54, 1.807) is 24.3 Å². The Balaban J connectivity index is 1.58. The van der Waals surface area contributed by atoms with Gasteiger partial charge in [-0.2, -0.15) is 0 Å². The lowest BCUT2D eigenvalue weighted by molar-refractivity contribution is 0.172. The molecule has 1 amide bonds. The third-order valence-corrected chi connectivity index (χ3v) is 8.21. The van der Waals surface area contributed by atoms with Crippen LogP contribution in [-0.2, 0) is 22.9 Å². The zero-order chi connectivity index (χ0) is 25.3. The molecule has 0 saturated carbocycles. The van der Waals surface area contributed by atoms with Gasteiger partial charge in [-0.1, -0.05) is 60.0 Å². The van der Waals surface area contributed by atoms with E-state index >= 15 is 0 Å². The van der Waals surface area contributed by atoms with E-state index in [2.05, 4.69) is 4.98 Å². The largest absolute Gasteiger partial charge is 0.464 e. The van der Waals surface area contributed by atoms with Crippen molar-refractivity contribution < 1.29 is 18.3 Å². The summed E-state index contributed by atoms with van der Waals surface area (Å²) < 4.78 is 28.2. The maximum absolute atomic E-state index is 12.9. The Hall–Kier alpha value is -3.07. The topological polar surface area (TPSA) is 92.5 Å². The Morgan fingerprint density at radius 1 is 1.03 bits per heavy atom. The van der Waals surface area contributed by atoms with Crippen LogP contribution in [0.1, 0.15) is 23.9 Å². The minimum Gasteiger partial charge on any atom is -0.464 e. The molecule has 7 nitrogen and oxygen atoms in total. The number of amides is 1. The zero-order valence-corrected chi connectivity index (χ0v) is 21.4. The number of aromatic nitrogens is 2. The normalized spacial score (nSPS) is 11.7. The Morgan fingerprint density at radius 3 is 2.26 bits per heavy atom. The fraction of sp³-hybridized carbons (Fsp3) is 0.200. The molecule has 1 aromatic heterocycles. The summed E-state index contributed by atoms with van der Waals surface area (Å²) in [5.74, 6) is 0.840. The van der Waals surface area contributed by atoms with Crippen molar-refractivity contribution in [2.75, 3.05) is 6.54 Å². The van der Waals surface area contributed by atoms with Gasteiger partial charge >= 0.3 is 6.09 Å². The summed E-state index contributed by atoms with van der Waals surface area (Å²) in [5, 5.41) is 10.5. The van der Waals surface area contributed by atoms with E-state index in [4.69, 9.17) is 23.2 Å². The summed E-state index contributed by atoms with van der Waals surface area (Å²) in [6.45, 7) is 3.63. The lowest BCUT2D eigenvalue weighted by Crippen LogP contribution is -2.37. The summed E-state index contributed by atoms with van der Waals surface area (Å²) in [7, 11) is -4.17. The first kappa shape index (κ1) is 25.0. The summed E-state index contributed by atoms with van der Waals surface area (Å²) in [5.41, 5.74) is 4.09. The number of fused-ring (bicyclic) bond motifs is 1. The molecule has 0 radical (unpaired) electrons. The second-order valence-electron chi connectivity index (χ2n) is 8.06. The number of carboxylic acid groups (broad SMARTS) is 1. The second kappa shape index (κ2) is 9.89. The lowest BCUT2D eigenvalue weighted by atomic mass is 10.1. The highest BCUT2D eigenvalue weighted by Gasteiger charge is 2.28. The summed E-state index contributed by atoms with van der Waals surface area (Å²) in [6, 6.07) is 17.1. The molecule has 10 heteroatoms. The van der Waals surface area contributed by atoms with Crippen LogP contribution < -0.4 is 0 Å². The van der Waals surface area contributed by atoms with Gasteiger partial charge in [0.2, 0.25) is 0 Å². The van der Waals surface area contributed by atoms with Gasteiger partial charge in [0.05, 0.1) is 26.0 Å². The molecule has 0 saturated heterocycles. The van der Waals surface area contributed by atoms with Gasteiger partial charge in [0.15, 0.2) is 0 Å². The summed E-state index contributed by atoms with van der Waals surface area (Å²) >= 11 is 12.4. The van der Waals surface area contributed by atoms with Gasteiger partial charge in [0.25, 0.3) is 10.0 Å². The molecule has 0 bridgehead atoms. The number of imidazole rings is 1. The monoisotopic (exact) mass is 531 g/mol. The van der Waals surface area contributed by atoms with E-state index in [1.165, 1.54) is 12.1 Å². The van der Waals surface area contributed by atoms with Crippen LogP contribution in [0.4, 0.5) is 4.79 Å². The first-order chi connectivity index (χ1) is 16.6. The van der Waals surface area contributed by atoms with E-state index in [0.717, 1.165) is 33.7 Å². The Kier molecular flexibility index (Phi) is 7.07. The van der Waals surface area contributed by atoms with Crippen molar-refractivity contribution in [3.8, 4) is 5.69 Å². The molecule has 182 valence electrons. The molecule has 1 N–H and O–H groups in total. The van der Waals surface area contributed by atoms with Gasteiger partial charge in [-0.15, -0.1) is 0 Å². The third kappa shape index (κ3) is 5.00. The van der Waals surface area contributed by atoms with Crippen LogP contribution in [0.25, 0.3) is 16.7 Å². The Labute approximate surface area is 213 Å². The van der Waals surface area contributed by atoms with Gasteiger partial charge in [0.1, 0.15) is 5.82 Å². The first-order valence-electron chi connectivity index (χ1n) is 10.9. The van der Waals surface area contributed by atoms with Crippen molar-refractivity contribution in [1.82, 2.24) is 13.9 Å². The van der Waals surface area contributed by atoms with Crippen molar-refractivity contribution in [2.24, 2.45) is 0 Å². The van der Waals surface area contributed by atoms with Gasteiger partial charge < -0.3 is 5.11 Å². The van der Waals surface area contributed by atoms with Gasteiger partial charge in [-0.25, -0.2) is 22.5 Å². The molecule has 0 spiro atoms. The number of sulfonamides is 1.